The van der Waals surface area contributed by atoms with Gasteiger partial charge in [0.1, 0.15) is 0 Å². The van der Waals surface area contributed by atoms with Gasteiger partial charge in [-0.15, -0.1) is 0 Å². The highest BCUT2D eigenvalue weighted by atomic mass is 79.9. The third-order valence-corrected chi connectivity index (χ3v) is 6.24. The predicted octanol–water partition coefficient (Wildman–Crippen LogP) is 5.14. The summed E-state index contributed by atoms with van der Waals surface area (Å²) in [4.78, 5) is 0. The van der Waals surface area contributed by atoms with Crippen LogP contribution in [0.3, 0.4) is 0 Å². The fourth-order valence-electron chi connectivity index (χ4n) is 3.36. The van der Waals surface area contributed by atoms with E-state index in [4.69, 9.17) is 5.73 Å². The molecular formula is C17H26BrN. The van der Waals surface area contributed by atoms with Crippen LogP contribution in [0, 0.1) is 31.6 Å². The maximum Gasteiger partial charge on any atom is 0.0323 e. The Bertz CT molecular complexity index is 432. The SMILES string of the molecule is Cc1cc(C(N)C2CCC(C)C(C)C2)cc(C)c1Br. The number of rotatable bonds is 2. The molecule has 1 fully saturated rings. The van der Waals surface area contributed by atoms with Crippen LogP contribution in [-0.2, 0) is 0 Å². The first-order valence-electron chi connectivity index (χ1n) is 7.42. The zero-order valence-corrected chi connectivity index (χ0v) is 14.1. The van der Waals surface area contributed by atoms with Crippen molar-refractivity contribution in [1.29, 1.82) is 0 Å². The Morgan fingerprint density at radius 3 is 2.21 bits per heavy atom. The molecule has 0 spiro atoms. The molecule has 19 heavy (non-hydrogen) atoms. The van der Waals surface area contributed by atoms with Crippen LogP contribution < -0.4 is 5.73 Å². The van der Waals surface area contributed by atoms with Gasteiger partial charge < -0.3 is 5.73 Å². The van der Waals surface area contributed by atoms with Gasteiger partial charge in [0.2, 0.25) is 0 Å². The Morgan fingerprint density at radius 2 is 1.68 bits per heavy atom. The first-order chi connectivity index (χ1) is 8.90. The minimum Gasteiger partial charge on any atom is -0.324 e. The average Bonchev–Trinajstić information content (AvgIpc) is 2.37. The third kappa shape index (κ3) is 3.22. The molecule has 1 aromatic carbocycles. The second-order valence-electron chi connectivity index (χ2n) is 6.52. The van der Waals surface area contributed by atoms with E-state index in [9.17, 15) is 0 Å². The van der Waals surface area contributed by atoms with Gasteiger partial charge in [-0.2, -0.15) is 0 Å². The molecule has 0 aromatic heterocycles. The summed E-state index contributed by atoms with van der Waals surface area (Å²) in [6.45, 7) is 9.06. The first-order valence-corrected chi connectivity index (χ1v) is 8.21. The van der Waals surface area contributed by atoms with E-state index < -0.39 is 0 Å². The van der Waals surface area contributed by atoms with Gasteiger partial charge >= 0.3 is 0 Å². The first kappa shape index (κ1) is 15.1. The Labute approximate surface area is 126 Å². The smallest absolute Gasteiger partial charge is 0.0323 e. The normalized spacial score (nSPS) is 29.3. The third-order valence-electron chi connectivity index (χ3n) is 4.99. The van der Waals surface area contributed by atoms with Gasteiger partial charge in [-0.1, -0.05) is 48.3 Å². The van der Waals surface area contributed by atoms with E-state index in [-0.39, 0.29) is 6.04 Å². The van der Waals surface area contributed by atoms with Crippen LogP contribution in [0.4, 0.5) is 0 Å². The summed E-state index contributed by atoms with van der Waals surface area (Å²) in [5, 5.41) is 0. The molecule has 0 aliphatic heterocycles. The molecule has 4 atom stereocenters. The van der Waals surface area contributed by atoms with E-state index in [1.54, 1.807) is 0 Å². The van der Waals surface area contributed by atoms with Crippen molar-refractivity contribution in [2.24, 2.45) is 23.5 Å². The average molecular weight is 324 g/mol. The van der Waals surface area contributed by atoms with Gasteiger partial charge in [0.25, 0.3) is 0 Å². The predicted molar refractivity (Wildman–Crippen MR) is 86.2 cm³/mol. The summed E-state index contributed by atoms with van der Waals surface area (Å²) < 4.78 is 1.22. The van der Waals surface area contributed by atoms with Gasteiger partial charge in [-0.3, -0.25) is 0 Å². The molecule has 0 bridgehead atoms. The lowest BCUT2D eigenvalue weighted by molar-refractivity contribution is 0.186. The van der Waals surface area contributed by atoms with Crippen LogP contribution >= 0.6 is 15.9 Å². The lowest BCUT2D eigenvalue weighted by Gasteiger charge is -2.35. The molecular weight excluding hydrogens is 298 g/mol. The molecule has 1 saturated carbocycles. The van der Waals surface area contributed by atoms with Gasteiger partial charge in [0, 0.05) is 10.5 Å². The fraction of sp³-hybridized carbons (Fsp3) is 0.647. The lowest BCUT2D eigenvalue weighted by Crippen LogP contribution is -2.29. The Hall–Kier alpha value is -0.340. The van der Waals surface area contributed by atoms with Gasteiger partial charge in [0.05, 0.1) is 0 Å². The summed E-state index contributed by atoms with van der Waals surface area (Å²) in [6, 6.07) is 4.70. The van der Waals surface area contributed by atoms with E-state index in [1.807, 2.05) is 0 Å². The van der Waals surface area contributed by atoms with Crippen LogP contribution in [-0.4, -0.2) is 0 Å². The van der Waals surface area contributed by atoms with Crippen LogP contribution in [0.25, 0.3) is 0 Å². The largest absolute Gasteiger partial charge is 0.324 e. The number of benzene rings is 1. The fourth-order valence-corrected chi connectivity index (χ4v) is 3.59. The monoisotopic (exact) mass is 323 g/mol. The van der Waals surface area contributed by atoms with Crippen molar-refractivity contribution in [3.05, 3.63) is 33.3 Å². The maximum absolute atomic E-state index is 6.55. The number of hydrogen-bond donors (Lipinski definition) is 1. The summed E-state index contributed by atoms with van der Waals surface area (Å²) in [5.74, 6) is 2.31. The zero-order chi connectivity index (χ0) is 14.2. The highest BCUT2D eigenvalue weighted by Crippen LogP contribution is 2.39. The maximum atomic E-state index is 6.55. The molecule has 0 radical (unpaired) electrons. The van der Waals surface area contributed by atoms with Crippen molar-refractivity contribution in [2.75, 3.05) is 0 Å². The van der Waals surface area contributed by atoms with Crippen LogP contribution in [0.5, 0.6) is 0 Å². The molecule has 0 saturated heterocycles. The van der Waals surface area contributed by atoms with E-state index in [1.165, 1.54) is 40.4 Å². The van der Waals surface area contributed by atoms with Gasteiger partial charge in [-0.25, -0.2) is 0 Å². The molecule has 2 N–H and O–H groups in total. The molecule has 1 aliphatic rings. The quantitative estimate of drug-likeness (QED) is 0.801. The lowest BCUT2D eigenvalue weighted by atomic mass is 9.72. The minimum atomic E-state index is 0.195. The standard InChI is InChI=1S/C17H26BrN/c1-10-5-6-14(7-11(10)2)17(19)15-8-12(3)16(18)13(4)9-15/h8-11,14,17H,5-7,19H2,1-4H3. The summed E-state index contributed by atoms with van der Waals surface area (Å²) in [5.41, 5.74) is 10.4. The van der Waals surface area contributed by atoms with Crippen LogP contribution in [0.2, 0.25) is 0 Å². The van der Waals surface area contributed by atoms with E-state index in [0.29, 0.717) is 5.92 Å². The minimum absolute atomic E-state index is 0.195. The van der Waals surface area contributed by atoms with E-state index in [0.717, 1.165) is 11.8 Å². The number of nitrogens with two attached hydrogens (primary N) is 1. The van der Waals surface area contributed by atoms with Crippen molar-refractivity contribution in [1.82, 2.24) is 0 Å². The molecule has 1 aromatic rings. The second-order valence-corrected chi connectivity index (χ2v) is 7.32. The molecule has 4 unspecified atom stereocenters. The molecule has 1 nitrogen and oxygen atoms in total. The Balaban J connectivity index is 2.18. The Morgan fingerprint density at radius 1 is 1.11 bits per heavy atom. The molecule has 1 aliphatic carbocycles. The number of aryl methyl sites for hydroxylation is 2. The Kier molecular flexibility index (Phi) is 4.73. The van der Waals surface area contributed by atoms with Gasteiger partial charge in [-0.05, 0) is 61.1 Å². The van der Waals surface area contributed by atoms with E-state index >= 15 is 0 Å². The number of halogens is 1. The summed E-state index contributed by atoms with van der Waals surface area (Å²) in [6.07, 6.45) is 3.88. The topological polar surface area (TPSA) is 26.0 Å². The van der Waals surface area contributed by atoms with Crippen molar-refractivity contribution >= 4 is 15.9 Å². The molecule has 0 heterocycles. The molecule has 106 valence electrons. The highest BCUT2D eigenvalue weighted by molar-refractivity contribution is 9.10. The van der Waals surface area contributed by atoms with Crippen molar-refractivity contribution in [3.63, 3.8) is 0 Å². The van der Waals surface area contributed by atoms with Crippen molar-refractivity contribution in [3.8, 4) is 0 Å². The van der Waals surface area contributed by atoms with E-state index in [2.05, 4.69) is 55.8 Å². The van der Waals surface area contributed by atoms with Crippen LogP contribution in [0.1, 0.15) is 55.8 Å². The molecule has 2 rings (SSSR count). The summed E-state index contributed by atoms with van der Waals surface area (Å²) >= 11 is 3.64. The van der Waals surface area contributed by atoms with Gasteiger partial charge in [0.15, 0.2) is 0 Å². The second kappa shape index (κ2) is 5.97. The van der Waals surface area contributed by atoms with Crippen LogP contribution in [0.15, 0.2) is 16.6 Å². The van der Waals surface area contributed by atoms with Crippen molar-refractivity contribution in [2.45, 2.75) is 53.0 Å². The van der Waals surface area contributed by atoms with Crippen molar-refractivity contribution < 1.29 is 0 Å². The molecule has 2 heteroatoms. The summed E-state index contributed by atoms with van der Waals surface area (Å²) in [7, 11) is 0. The molecule has 0 amide bonds. The highest BCUT2D eigenvalue weighted by Gasteiger charge is 2.29. The zero-order valence-electron chi connectivity index (χ0n) is 12.5. The number of hydrogen-bond acceptors (Lipinski definition) is 1.